The minimum Gasteiger partial charge on any atom is -0.319 e. The Morgan fingerprint density at radius 3 is 2.69 bits per heavy atom. The number of aromatic nitrogens is 1. The maximum atomic E-state index is 12.4. The molecule has 1 aliphatic rings. The van der Waals surface area contributed by atoms with E-state index < -0.39 is 11.2 Å². The zero-order valence-electron chi connectivity index (χ0n) is 8.84. The van der Waals surface area contributed by atoms with Crippen LogP contribution in [0.15, 0.2) is 6.20 Å². The molecule has 0 spiro atoms. The summed E-state index contributed by atoms with van der Waals surface area (Å²) in [5.74, 6) is 0.729. The predicted octanol–water partition coefficient (Wildman–Crippen LogP) is 2.87. The van der Waals surface area contributed by atoms with E-state index in [1.807, 2.05) is 7.05 Å². The highest BCUT2D eigenvalue weighted by molar-refractivity contribution is 7.11. The molecule has 2 rings (SSSR count). The number of thiazole rings is 1. The lowest BCUT2D eigenvalue weighted by Crippen LogP contribution is -2.31. The van der Waals surface area contributed by atoms with E-state index in [0.29, 0.717) is 5.92 Å². The van der Waals surface area contributed by atoms with Gasteiger partial charge in [-0.15, -0.1) is 11.3 Å². The van der Waals surface area contributed by atoms with Crippen LogP contribution in [0.4, 0.5) is 13.2 Å². The highest BCUT2D eigenvalue weighted by Gasteiger charge is 2.38. The second-order valence-electron chi connectivity index (χ2n) is 4.07. The third kappa shape index (κ3) is 2.22. The van der Waals surface area contributed by atoms with Crippen molar-refractivity contribution in [2.24, 2.45) is 5.92 Å². The fourth-order valence-corrected chi connectivity index (χ4v) is 3.05. The Morgan fingerprint density at radius 1 is 1.50 bits per heavy atom. The zero-order chi connectivity index (χ0) is 11.8. The molecule has 0 bridgehead atoms. The Morgan fingerprint density at radius 2 is 2.25 bits per heavy atom. The lowest BCUT2D eigenvalue weighted by Gasteiger charge is -2.35. The first-order valence-electron chi connectivity index (χ1n) is 5.20. The van der Waals surface area contributed by atoms with E-state index in [4.69, 9.17) is 0 Å². The van der Waals surface area contributed by atoms with Crippen molar-refractivity contribution in [3.63, 3.8) is 0 Å². The fraction of sp³-hybridized carbons (Fsp3) is 0.700. The maximum absolute atomic E-state index is 12.4. The molecule has 1 aliphatic carbocycles. The summed E-state index contributed by atoms with van der Waals surface area (Å²) in [6.07, 6.45) is -0.845. The Balaban J connectivity index is 2.08. The van der Waals surface area contributed by atoms with Gasteiger partial charge in [-0.05, 0) is 38.3 Å². The largest absolute Gasteiger partial charge is 0.443 e. The van der Waals surface area contributed by atoms with Crippen molar-refractivity contribution in [3.8, 4) is 0 Å². The summed E-state index contributed by atoms with van der Waals surface area (Å²) >= 11 is 0.789. The minimum absolute atomic E-state index is 0.265. The molecule has 0 aromatic carbocycles. The summed E-state index contributed by atoms with van der Waals surface area (Å²) in [6.45, 7) is 0.865. The topological polar surface area (TPSA) is 24.9 Å². The first-order chi connectivity index (χ1) is 7.52. The van der Waals surface area contributed by atoms with Crippen LogP contribution in [-0.2, 0) is 6.18 Å². The van der Waals surface area contributed by atoms with E-state index in [1.165, 1.54) is 6.20 Å². The van der Waals surface area contributed by atoms with Crippen LogP contribution in [0.25, 0.3) is 0 Å². The quantitative estimate of drug-likeness (QED) is 0.892. The molecular formula is C10H13F3N2S. The van der Waals surface area contributed by atoms with E-state index in [9.17, 15) is 13.2 Å². The van der Waals surface area contributed by atoms with E-state index >= 15 is 0 Å². The number of halogens is 3. The molecule has 0 amide bonds. The molecule has 1 aromatic heterocycles. The first kappa shape index (κ1) is 11.9. The molecular weight excluding hydrogens is 237 g/mol. The lowest BCUT2D eigenvalue weighted by atomic mass is 9.73. The smallest absolute Gasteiger partial charge is 0.319 e. The lowest BCUT2D eigenvalue weighted by molar-refractivity contribution is -0.137. The molecule has 90 valence electrons. The second-order valence-corrected chi connectivity index (χ2v) is 5.13. The van der Waals surface area contributed by atoms with Crippen LogP contribution in [0.1, 0.15) is 28.6 Å². The van der Waals surface area contributed by atoms with Gasteiger partial charge in [0.05, 0.1) is 0 Å². The van der Waals surface area contributed by atoms with Gasteiger partial charge in [-0.25, -0.2) is 4.98 Å². The van der Waals surface area contributed by atoms with Gasteiger partial charge in [0.15, 0.2) is 5.01 Å². The number of rotatable bonds is 3. The monoisotopic (exact) mass is 250 g/mol. The minimum atomic E-state index is -4.30. The van der Waals surface area contributed by atoms with Gasteiger partial charge < -0.3 is 5.32 Å². The van der Waals surface area contributed by atoms with Gasteiger partial charge >= 0.3 is 6.18 Å². The van der Waals surface area contributed by atoms with Crippen molar-refractivity contribution in [2.45, 2.75) is 24.9 Å². The number of hydrogen-bond donors (Lipinski definition) is 1. The van der Waals surface area contributed by atoms with Crippen LogP contribution in [0, 0.1) is 5.92 Å². The molecule has 2 unspecified atom stereocenters. The molecule has 1 N–H and O–H groups in total. The summed E-state index contributed by atoms with van der Waals surface area (Å²) in [7, 11) is 1.86. The molecule has 0 aliphatic heterocycles. The van der Waals surface area contributed by atoms with Crippen molar-refractivity contribution in [1.82, 2.24) is 10.3 Å². The van der Waals surface area contributed by atoms with Gasteiger partial charge in [0.1, 0.15) is 0 Å². The van der Waals surface area contributed by atoms with Gasteiger partial charge in [0.2, 0.25) is 0 Å². The predicted molar refractivity (Wildman–Crippen MR) is 56.5 cm³/mol. The average molecular weight is 250 g/mol. The van der Waals surface area contributed by atoms with Crippen molar-refractivity contribution in [3.05, 3.63) is 16.1 Å². The van der Waals surface area contributed by atoms with Gasteiger partial charge in [0.25, 0.3) is 0 Å². The average Bonchev–Trinajstić information content (AvgIpc) is 2.60. The van der Waals surface area contributed by atoms with Crippen molar-refractivity contribution < 1.29 is 13.2 Å². The number of hydrogen-bond acceptors (Lipinski definition) is 3. The third-order valence-electron chi connectivity index (χ3n) is 3.02. The molecule has 0 radical (unpaired) electrons. The summed E-state index contributed by atoms with van der Waals surface area (Å²) < 4.78 is 37.1. The van der Waals surface area contributed by atoms with Crippen molar-refractivity contribution in [2.75, 3.05) is 13.6 Å². The molecule has 1 saturated carbocycles. The fourth-order valence-electron chi connectivity index (χ4n) is 2.04. The maximum Gasteiger partial charge on any atom is 0.443 e. The Labute approximate surface area is 95.9 Å². The number of alkyl halides is 3. The van der Waals surface area contributed by atoms with Crippen LogP contribution in [0.5, 0.6) is 0 Å². The van der Waals surface area contributed by atoms with Crippen LogP contribution >= 0.6 is 11.3 Å². The van der Waals surface area contributed by atoms with Crippen LogP contribution in [0.3, 0.4) is 0 Å². The Kier molecular flexibility index (Phi) is 3.21. The molecule has 2 nitrogen and oxygen atoms in total. The molecule has 6 heteroatoms. The van der Waals surface area contributed by atoms with Crippen molar-refractivity contribution >= 4 is 11.3 Å². The van der Waals surface area contributed by atoms with Gasteiger partial charge in [-0.1, -0.05) is 0 Å². The van der Waals surface area contributed by atoms with Crippen molar-refractivity contribution in [1.29, 1.82) is 0 Å². The van der Waals surface area contributed by atoms with E-state index in [-0.39, 0.29) is 5.92 Å². The van der Waals surface area contributed by atoms with E-state index in [1.54, 1.807) is 0 Å². The highest BCUT2D eigenvalue weighted by Crippen LogP contribution is 2.45. The Bertz CT molecular complexity index is 361. The van der Waals surface area contributed by atoms with Gasteiger partial charge in [-0.3, -0.25) is 0 Å². The second kappa shape index (κ2) is 4.33. The van der Waals surface area contributed by atoms with Gasteiger partial charge in [-0.2, -0.15) is 13.2 Å². The first-order valence-corrected chi connectivity index (χ1v) is 6.01. The molecule has 1 aromatic rings. The summed E-state index contributed by atoms with van der Waals surface area (Å²) in [5, 5.41) is 2.34. The molecule has 2 atom stereocenters. The van der Waals surface area contributed by atoms with Crippen LogP contribution in [-0.4, -0.2) is 18.6 Å². The Hall–Kier alpha value is -0.620. The standard InChI is InChI=1S/C10H13F3N2S/c1-14-4-6-2-3-7(6)8-5-15-9(16-8)10(11,12)13/h5-7,14H,2-4H2,1H3. The zero-order valence-corrected chi connectivity index (χ0v) is 9.66. The van der Waals surface area contributed by atoms with Crippen LogP contribution in [0.2, 0.25) is 0 Å². The summed E-state index contributed by atoms with van der Waals surface area (Å²) in [6, 6.07) is 0. The SMILES string of the molecule is CNCC1CCC1c1cnc(C(F)(F)F)s1. The molecule has 0 saturated heterocycles. The summed E-state index contributed by atoms with van der Waals surface area (Å²) in [4.78, 5) is 4.23. The molecule has 16 heavy (non-hydrogen) atoms. The highest BCUT2D eigenvalue weighted by atomic mass is 32.1. The third-order valence-corrected chi connectivity index (χ3v) is 4.19. The van der Waals surface area contributed by atoms with E-state index in [2.05, 4.69) is 10.3 Å². The number of nitrogens with one attached hydrogen (secondary N) is 1. The van der Waals surface area contributed by atoms with Gasteiger partial charge in [0, 0.05) is 11.1 Å². The molecule has 1 heterocycles. The summed E-state index contributed by atoms with van der Waals surface area (Å²) in [5.41, 5.74) is 0. The number of nitrogens with zero attached hydrogens (tertiary/aromatic N) is 1. The normalized spacial score (nSPS) is 25.5. The van der Waals surface area contributed by atoms with Crippen LogP contribution < -0.4 is 5.32 Å². The van der Waals surface area contributed by atoms with E-state index in [0.717, 1.165) is 35.6 Å². The molecule has 1 fully saturated rings.